The van der Waals surface area contributed by atoms with Crippen LogP contribution >= 0.6 is 0 Å². The van der Waals surface area contributed by atoms with Crippen molar-refractivity contribution in [1.29, 1.82) is 0 Å². The topological polar surface area (TPSA) is 9.23 Å². The Kier molecular flexibility index (Phi) is 3.99. The zero-order valence-electron chi connectivity index (χ0n) is 11.2. The Morgan fingerprint density at radius 1 is 0.944 bits per heavy atom. The van der Waals surface area contributed by atoms with Gasteiger partial charge in [0.2, 0.25) is 0 Å². The summed E-state index contributed by atoms with van der Waals surface area (Å²) in [5, 5.41) is 0. The van der Waals surface area contributed by atoms with Crippen molar-refractivity contribution in [2.45, 2.75) is 51.0 Å². The van der Waals surface area contributed by atoms with Crippen LogP contribution in [0.15, 0.2) is 30.3 Å². The third-order valence-electron chi connectivity index (χ3n) is 4.41. The molecule has 0 aromatic heterocycles. The third-order valence-corrected chi connectivity index (χ3v) is 4.41. The van der Waals surface area contributed by atoms with Crippen LogP contribution in [0, 0.1) is 11.8 Å². The van der Waals surface area contributed by atoms with E-state index in [-0.39, 0.29) is 0 Å². The molecule has 1 nitrogen and oxygen atoms in total. The molecule has 1 heteroatoms. The van der Waals surface area contributed by atoms with Crippen LogP contribution in [0.4, 0.5) is 0 Å². The van der Waals surface area contributed by atoms with Gasteiger partial charge in [-0.3, -0.25) is 0 Å². The maximum Gasteiger partial charge on any atom is 0.0853 e. The van der Waals surface area contributed by atoms with Gasteiger partial charge in [-0.05, 0) is 43.1 Å². The average molecular weight is 244 g/mol. The van der Waals surface area contributed by atoms with E-state index >= 15 is 0 Å². The Labute approximate surface area is 111 Å². The standard InChI is InChI=1S/C17H24O/c1-3-7-15(8-4-1)17(18-13-14-11-12-14)16-9-5-2-6-10-16/h1,3-4,7-8,14,16-17H,2,5-6,9-13H2. The number of ether oxygens (including phenoxy) is 1. The van der Waals surface area contributed by atoms with Gasteiger partial charge >= 0.3 is 0 Å². The van der Waals surface area contributed by atoms with Gasteiger partial charge in [0, 0.05) is 0 Å². The molecule has 0 amide bonds. The van der Waals surface area contributed by atoms with Crippen LogP contribution in [0.3, 0.4) is 0 Å². The zero-order chi connectivity index (χ0) is 12.2. The van der Waals surface area contributed by atoms with Crippen LogP contribution in [-0.2, 0) is 4.74 Å². The van der Waals surface area contributed by atoms with Crippen LogP contribution in [0.25, 0.3) is 0 Å². The first-order chi connectivity index (χ1) is 8.93. The second-order valence-corrected chi connectivity index (χ2v) is 6.01. The SMILES string of the molecule is c1ccc(C(OCC2CC2)C2CCCCC2)cc1. The Morgan fingerprint density at radius 2 is 1.67 bits per heavy atom. The monoisotopic (exact) mass is 244 g/mol. The van der Waals surface area contributed by atoms with Gasteiger partial charge in [-0.25, -0.2) is 0 Å². The molecule has 2 fully saturated rings. The predicted octanol–water partition coefficient (Wildman–Crippen LogP) is 4.73. The minimum Gasteiger partial charge on any atom is -0.373 e. The smallest absolute Gasteiger partial charge is 0.0853 e. The molecule has 1 atom stereocenters. The molecular weight excluding hydrogens is 220 g/mol. The van der Waals surface area contributed by atoms with E-state index in [0.29, 0.717) is 6.10 Å². The molecule has 1 aromatic carbocycles. The van der Waals surface area contributed by atoms with E-state index in [9.17, 15) is 0 Å². The fraction of sp³-hybridized carbons (Fsp3) is 0.647. The number of hydrogen-bond donors (Lipinski definition) is 0. The molecule has 0 spiro atoms. The molecule has 18 heavy (non-hydrogen) atoms. The molecule has 1 unspecified atom stereocenters. The van der Waals surface area contributed by atoms with E-state index in [1.165, 1.54) is 50.5 Å². The van der Waals surface area contributed by atoms with Crippen LogP contribution in [0.2, 0.25) is 0 Å². The van der Waals surface area contributed by atoms with Gasteiger partial charge in [0.05, 0.1) is 12.7 Å². The fourth-order valence-electron chi connectivity index (χ4n) is 3.11. The van der Waals surface area contributed by atoms with Crippen molar-refractivity contribution in [2.24, 2.45) is 11.8 Å². The summed E-state index contributed by atoms with van der Waals surface area (Å²) >= 11 is 0. The minimum absolute atomic E-state index is 0.354. The van der Waals surface area contributed by atoms with Gasteiger partial charge < -0.3 is 4.74 Å². The van der Waals surface area contributed by atoms with E-state index in [4.69, 9.17) is 4.74 Å². The van der Waals surface area contributed by atoms with Gasteiger partial charge in [-0.15, -0.1) is 0 Å². The lowest BCUT2D eigenvalue weighted by Crippen LogP contribution is -2.20. The first kappa shape index (κ1) is 12.2. The molecular formula is C17H24O. The van der Waals surface area contributed by atoms with Crippen molar-refractivity contribution in [1.82, 2.24) is 0 Å². The highest BCUT2D eigenvalue weighted by atomic mass is 16.5. The minimum atomic E-state index is 0.354. The molecule has 0 saturated heterocycles. The van der Waals surface area contributed by atoms with Crippen molar-refractivity contribution in [2.75, 3.05) is 6.61 Å². The molecule has 0 N–H and O–H groups in total. The van der Waals surface area contributed by atoms with E-state index in [2.05, 4.69) is 30.3 Å². The summed E-state index contributed by atoms with van der Waals surface area (Å²) in [6.07, 6.45) is 10.0. The van der Waals surface area contributed by atoms with Gasteiger partial charge in [0.15, 0.2) is 0 Å². The summed E-state index contributed by atoms with van der Waals surface area (Å²) in [4.78, 5) is 0. The largest absolute Gasteiger partial charge is 0.373 e. The van der Waals surface area contributed by atoms with Gasteiger partial charge in [0.1, 0.15) is 0 Å². The Bertz CT molecular complexity index is 349. The van der Waals surface area contributed by atoms with Crippen molar-refractivity contribution in [3.05, 3.63) is 35.9 Å². The highest BCUT2D eigenvalue weighted by molar-refractivity contribution is 5.18. The maximum absolute atomic E-state index is 6.29. The maximum atomic E-state index is 6.29. The highest BCUT2D eigenvalue weighted by Crippen LogP contribution is 2.39. The van der Waals surface area contributed by atoms with Crippen molar-refractivity contribution < 1.29 is 4.74 Å². The highest BCUT2D eigenvalue weighted by Gasteiger charge is 2.29. The quantitative estimate of drug-likeness (QED) is 0.727. The van der Waals surface area contributed by atoms with Crippen LogP contribution < -0.4 is 0 Å². The van der Waals surface area contributed by atoms with Crippen molar-refractivity contribution >= 4 is 0 Å². The fourth-order valence-corrected chi connectivity index (χ4v) is 3.11. The summed E-state index contributed by atoms with van der Waals surface area (Å²) in [5.74, 6) is 1.61. The van der Waals surface area contributed by atoms with Crippen LogP contribution in [0.1, 0.15) is 56.6 Å². The first-order valence-corrected chi connectivity index (χ1v) is 7.60. The molecule has 0 radical (unpaired) electrons. The first-order valence-electron chi connectivity index (χ1n) is 7.60. The lowest BCUT2D eigenvalue weighted by Gasteiger charge is -2.30. The molecule has 1 aromatic rings. The predicted molar refractivity (Wildman–Crippen MR) is 74.4 cm³/mol. The zero-order valence-corrected chi connectivity index (χ0v) is 11.2. The second-order valence-electron chi connectivity index (χ2n) is 6.01. The average Bonchev–Trinajstić information content (AvgIpc) is 3.26. The Balaban J connectivity index is 1.69. The number of benzene rings is 1. The molecule has 3 rings (SSSR count). The van der Waals surface area contributed by atoms with Crippen LogP contribution in [0.5, 0.6) is 0 Å². The summed E-state index contributed by atoms with van der Waals surface area (Å²) < 4.78 is 6.29. The van der Waals surface area contributed by atoms with Crippen LogP contribution in [-0.4, -0.2) is 6.61 Å². The summed E-state index contributed by atoms with van der Waals surface area (Å²) in [6.45, 7) is 0.982. The summed E-state index contributed by atoms with van der Waals surface area (Å²) in [5.41, 5.74) is 1.39. The van der Waals surface area contributed by atoms with E-state index in [0.717, 1.165) is 18.4 Å². The van der Waals surface area contributed by atoms with Crippen molar-refractivity contribution in [3.8, 4) is 0 Å². The van der Waals surface area contributed by atoms with E-state index in [1.807, 2.05) is 0 Å². The van der Waals surface area contributed by atoms with Gasteiger partial charge in [-0.1, -0.05) is 49.6 Å². The van der Waals surface area contributed by atoms with E-state index < -0.39 is 0 Å². The molecule has 2 aliphatic carbocycles. The van der Waals surface area contributed by atoms with E-state index in [1.54, 1.807) is 0 Å². The number of rotatable bonds is 5. The summed E-state index contributed by atoms with van der Waals surface area (Å²) in [6, 6.07) is 10.9. The summed E-state index contributed by atoms with van der Waals surface area (Å²) in [7, 11) is 0. The molecule has 2 saturated carbocycles. The lowest BCUT2D eigenvalue weighted by atomic mass is 9.82. The molecule has 0 aliphatic heterocycles. The lowest BCUT2D eigenvalue weighted by molar-refractivity contribution is -0.00688. The third kappa shape index (κ3) is 3.14. The number of hydrogen-bond acceptors (Lipinski definition) is 1. The normalized spacial score (nSPS) is 22.9. The second kappa shape index (κ2) is 5.88. The molecule has 2 aliphatic rings. The molecule has 98 valence electrons. The molecule has 0 heterocycles. The molecule has 0 bridgehead atoms. The van der Waals surface area contributed by atoms with Gasteiger partial charge in [0.25, 0.3) is 0 Å². The van der Waals surface area contributed by atoms with Crippen molar-refractivity contribution in [3.63, 3.8) is 0 Å². The van der Waals surface area contributed by atoms with Gasteiger partial charge in [-0.2, -0.15) is 0 Å². The Hall–Kier alpha value is -0.820. The Morgan fingerprint density at radius 3 is 2.33 bits per heavy atom.